The normalized spacial score (nSPS) is 35.8. The summed E-state index contributed by atoms with van der Waals surface area (Å²) in [6.07, 6.45) is 6.94. The maximum absolute atomic E-state index is 3.62. The Hall–Kier alpha value is -0.0800. The van der Waals surface area contributed by atoms with Crippen LogP contribution in [0.5, 0.6) is 0 Å². The molecule has 2 unspecified atom stereocenters. The maximum Gasteiger partial charge on any atom is 0.0156 e. The van der Waals surface area contributed by atoms with Crippen LogP contribution in [-0.2, 0) is 0 Å². The van der Waals surface area contributed by atoms with E-state index in [-0.39, 0.29) is 0 Å². The predicted molar refractivity (Wildman–Crippen MR) is 78.9 cm³/mol. The van der Waals surface area contributed by atoms with Gasteiger partial charge in [0.15, 0.2) is 0 Å². The van der Waals surface area contributed by atoms with Crippen molar-refractivity contribution in [2.45, 2.75) is 71.4 Å². The van der Waals surface area contributed by atoms with Crippen molar-refractivity contribution in [3.63, 3.8) is 0 Å². The highest BCUT2D eigenvalue weighted by atomic mass is 15.2. The van der Waals surface area contributed by atoms with Crippen molar-refractivity contribution in [3.05, 3.63) is 0 Å². The zero-order valence-electron chi connectivity index (χ0n) is 13.1. The van der Waals surface area contributed by atoms with Crippen LogP contribution in [0.25, 0.3) is 0 Å². The minimum atomic E-state index is 0.430. The molecular formula is C16H32N2. The second-order valence-corrected chi connectivity index (χ2v) is 7.77. The predicted octanol–water partition coefficient (Wildman–Crippen LogP) is 3.28. The van der Waals surface area contributed by atoms with Gasteiger partial charge in [-0.25, -0.2) is 0 Å². The van der Waals surface area contributed by atoms with Crippen molar-refractivity contribution in [2.75, 3.05) is 20.1 Å². The number of nitrogens with one attached hydrogen (secondary N) is 1. The molecule has 0 aromatic carbocycles. The molecule has 1 aliphatic carbocycles. The lowest BCUT2D eigenvalue weighted by Gasteiger charge is -2.46. The molecule has 2 rings (SSSR count). The number of rotatable bonds is 3. The third-order valence-electron chi connectivity index (χ3n) is 5.55. The van der Waals surface area contributed by atoms with Gasteiger partial charge in [0.05, 0.1) is 0 Å². The van der Waals surface area contributed by atoms with E-state index in [2.05, 4.69) is 45.0 Å². The van der Waals surface area contributed by atoms with E-state index >= 15 is 0 Å². The van der Waals surface area contributed by atoms with Gasteiger partial charge in [-0.3, -0.25) is 4.90 Å². The highest BCUT2D eigenvalue weighted by Crippen LogP contribution is 2.40. The van der Waals surface area contributed by atoms with E-state index < -0.39 is 0 Å². The summed E-state index contributed by atoms with van der Waals surface area (Å²) in [5.74, 6) is 0.830. The Bertz CT molecular complexity index is 283. The summed E-state index contributed by atoms with van der Waals surface area (Å²) < 4.78 is 0. The highest BCUT2D eigenvalue weighted by molar-refractivity contribution is 4.96. The van der Waals surface area contributed by atoms with Crippen LogP contribution < -0.4 is 5.32 Å². The second kappa shape index (κ2) is 5.13. The van der Waals surface area contributed by atoms with Crippen LogP contribution in [0.15, 0.2) is 0 Å². The van der Waals surface area contributed by atoms with Crippen LogP contribution in [-0.4, -0.2) is 36.6 Å². The van der Waals surface area contributed by atoms with Crippen molar-refractivity contribution in [1.29, 1.82) is 0 Å². The van der Waals surface area contributed by atoms with Gasteiger partial charge in [-0.2, -0.15) is 0 Å². The molecule has 2 heteroatoms. The van der Waals surface area contributed by atoms with Crippen molar-refractivity contribution in [1.82, 2.24) is 10.2 Å². The van der Waals surface area contributed by atoms with E-state index in [1.165, 1.54) is 45.2 Å². The first-order chi connectivity index (χ1) is 8.37. The molecule has 2 atom stereocenters. The molecule has 106 valence electrons. The summed E-state index contributed by atoms with van der Waals surface area (Å²) in [7, 11) is 2.15. The largest absolute Gasteiger partial charge is 0.316 e. The molecule has 1 aliphatic heterocycles. The standard InChI is InChI=1S/C16H32N2/c1-15(2)9-6-8-13(14(15)17-5)12-18-11-7-10-16(18,3)4/h13-14,17H,6-12H2,1-5H3. The smallest absolute Gasteiger partial charge is 0.0156 e. The van der Waals surface area contributed by atoms with Crippen LogP contribution in [0.1, 0.15) is 59.8 Å². The van der Waals surface area contributed by atoms with Gasteiger partial charge in [0, 0.05) is 18.1 Å². The lowest BCUT2D eigenvalue weighted by atomic mass is 9.67. The fourth-order valence-corrected chi connectivity index (χ4v) is 4.39. The third kappa shape index (κ3) is 2.75. The van der Waals surface area contributed by atoms with Crippen molar-refractivity contribution < 1.29 is 0 Å². The summed E-state index contributed by atoms with van der Waals surface area (Å²) in [5.41, 5.74) is 0.890. The molecule has 0 aromatic rings. The lowest BCUT2D eigenvalue weighted by Crippen LogP contribution is -2.53. The van der Waals surface area contributed by atoms with Gasteiger partial charge in [0.1, 0.15) is 0 Å². The summed E-state index contributed by atoms with van der Waals surface area (Å²) in [6, 6.07) is 0.683. The quantitative estimate of drug-likeness (QED) is 0.829. The summed E-state index contributed by atoms with van der Waals surface area (Å²) in [4.78, 5) is 2.74. The summed E-state index contributed by atoms with van der Waals surface area (Å²) in [5, 5.41) is 3.62. The van der Waals surface area contributed by atoms with Gasteiger partial charge in [-0.05, 0) is 64.5 Å². The van der Waals surface area contributed by atoms with Crippen LogP contribution >= 0.6 is 0 Å². The lowest BCUT2D eigenvalue weighted by molar-refractivity contribution is 0.0626. The van der Waals surface area contributed by atoms with Gasteiger partial charge < -0.3 is 5.32 Å². The zero-order valence-corrected chi connectivity index (χ0v) is 13.1. The van der Waals surface area contributed by atoms with E-state index in [1.54, 1.807) is 0 Å². The molecule has 1 saturated carbocycles. The Morgan fingerprint density at radius 3 is 2.39 bits per heavy atom. The number of hydrogen-bond acceptors (Lipinski definition) is 2. The number of hydrogen-bond donors (Lipinski definition) is 1. The third-order valence-corrected chi connectivity index (χ3v) is 5.55. The molecule has 18 heavy (non-hydrogen) atoms. The first kappa shape index (κ1) is 14.3. The van der Waals surface area contributed by atoms with Gasteiger partial charge in [0.2, 0.25) is 0 Å². The Kier molecular flexibility index (Phi) is 4.08. The number of likely N-dealkylation sites (tertiary alicyclic amines) is 1. The van der Waals surface area contributed by atoms with Crippen LogP contribution in [0.3, 0.4) is 0 Å². The first-order valence-corrected chi connectivity index (χ1v) is 7.79. The average molecular weight is 252 g/mol. The van der Waals surface area contributed by atoms with Gasteiger partial charge in [-0.1, -0.05) is 20.3 Å². The molecule has 0 amide bonds. The Morgan fingerprint density at radius 1 is 1.11 bits per heavy atom. The highest BCUT2D eigenvalue weighted by Gasteiger charge is 2.41. The van der Waals surface area contributed by atoms with E-state index in [9.17, 15) is 0 Å². The molecule has 0 bridgehead atoms. The Balaban J connectivity index is 2.03. The van der Waals surface area contributed by atoms with Crippen LogP contribution in [0.2, 0.25) is 0 Å². The number of nitrogens with zero attached hydrogens (tertiary/aromatic N) is 1. The fraction of sp³-hybridized carbons (Fsp3) is 1.00. The maximum atomic E-state index is 3.62. The minimum absolute atomic E-state index is 0.430. The van der Waals surface area contributed by atoms with Crippen molar-refractivity contribution in [2.24, 2.45) is 11.3 Å². The molecule has 2 aliphatic rings. The van der Waals surface area contributed by atoms with Gasteiger partial charge in [-0.15, -0.1) is 0 Å². The van der Waals surface area contributed by atoms with Crippen molar-refractivity contribution >= 4 is 0 Å². The average Bonchev–Trinajstić information content (AvgIpc) is 2.57. The van der Waals surface area contributed by atoms with Gasteiger partial charge >= 0.3 is 0 Å². The molecule has 2 fully saturated rings. The molecule has 0 spiro atoms. The second-order valence-electron chi connectivity index (χ2n) is 7.77. The summed E-state index contributed by atoms with van der Waals surface area (Å²) >= 11 is 0. The van der Waals surface area contributed by atoms with Crippen LogP contribution in [0, 0.1) is 11.3 Å². The molecule has 0 aromatic heterocycles. The molecular weight excluding hydrogens is 220 g/mol. The van der Waals surface area contributed by atoms with E-state index in [1.807, 2.05) is 0 Å². The fourth-order valence-electron chi connectivity index (χ4n) is 4.39. The van der Waals surface area contributed by atoms with Crippen LogP contribution in [0.4, 0.5) is 0 Å². The Labute approximate surface area is 114 Å². The molecule has 1 N–H and O–H groups in total. The van der Waals surface area contributed by atoms with Gasteiger partial charge in [0.25, 0.3) is 0 Å². The molecule has 2 nitrogen and oxygen atoms in total. The molecule has 1 heterocycles. The minimum Gasteiger partial charge on any atom is -0.316 e. The van der Waals surface area contributed by atoms with Crippen molar-refractivity contribution in [3.8, 4) is 0 Å². The van der Waals surface area contributed by atoms with E-state index in [0.717, 1.165) is 5.92 Å². The first-order valence-electron chi connectivity index (χ1n) is 7.79. The van der Waals surface area contributed by atoms with E-state index in [4.69, 9.17) is 0 Å². The Morgan fingerprint density at radius 2 is 1.83 bits per heavy atom. The summed E-state index contributed by atoms with van der Waals surface area (Å²) in [6.45, 7) is 12.3. The molecule has 0 radical (unpaired) electrons. The van der Waals surface area contributed by atoms with E-state index in [0.29, 0.717) is 17.0 Å². The molecule has 1 saturated heterocycles. The topological polar surface area (TPSA) is 15.3 Å². The zero-order chi connectivity index (χ0) is 13.4. The monoisotopic (exact) mass is 252 g/mol. The SMILES string of the molecule is CNC1C(CN2CCCC2(C)C)CCCC1(C)C.